The highest BCUT2D eigenvalue weighted by Crippen LogP contribution is 2.52. The Morgan fingerprint density at radius 1 is 1.14 bits per heavy atom. The van der Waals surface area contributed by atoms with Crippen molar-refractivity contribution in [3.05, 3.63) is 77.9 Å². The van der Waals surface area contributed by atoms with Gasteiger partial charge in [0.2, 0.25) is 5.91 Å². The summed E-state index contributed by atoms with van der Waals surface area (Å²) in [5.41, 5.74) is 2.25. The Hall–Kier alpha value is -2.92. The molecule has 0 aliphatic carbocycles. The largest absolute Gasteiger partial charge is 0.460 e. The topological polar surface area (TPSA) is 55.8 Å². The second kappa shape index (κ2) is 6.85. The van der Waals surface area contributed by atoms with Crippen molar-refractivity contribution in [2.24, 2.45) is 11.8 Å². The first kappa shape index (κ1) is 18.1. The van der Waals surface area contributed by atoms with Crippen molar-refractivity contribution in [3.63, 3.8) is 0 Å². The SMILES string of the molecule is CCc1ccc(N2C[C@]34C=C[C@@H](O3)[C@@H](C(=O)OCc3ccccc3)[C@@H]4C2=O)cc1. The zero-order valence-electron chi connectivity index (χ0n) is 16.3. The average molecular weight is 389 g/mol. The lowest BCUT2D eigenvalue weighted by Gasteiger charge is -2.22. The molecule has 3 aliphatic rings. The maximum Gasteiger partial charge on any atom is 0.313 e. The predicted molar refractivity (Wildman–Crippen MR) is 108 cm³/mol. The van der Waals surface area contributed by atoms with Gasteiger partial charge >= 0.3 is 5.97 Å². The first-order chi connectivity index (χ1) is 14.1. The highest BCUT2D eigenvalue weighted by Gasteiger charge is 2.67. The van der Waals surface area contributed by atoms with Gasteiger partial charge in [-0.1, -0.05) is 61.5 Å². The number of carbonyl (C=O) groups excluding carboxylic acids is 2. The minimum Gasteiger partial charge on any atom is -0.460 e. The fourth-order valence-electron chi connectivity index (χ4n) is 4.72. The first-order valence-corrected chi connectivity index (χ1v) is 10.1. The zero-order chi connectivity index (χ0) is 20.0. The molecule has 5 rings (SSSR count). The maximum absolute atomic E-state index is 13.3. The number of carbonyl (C=O) groups is 2. The van der Waals surface area contributed by atoms with Crippen LogP contribution in [-0.2, 0) is 32.1 Å². The number of aryl methyl sites for hydroxylation is 1. The number of amides is 1. The van der Waals surface area contributed by atoms with Crippen LogP contribution in [0.25, 0.3) is 0 Å². The molecule has 29 heavy (non-hydrogen) atoms. The molecule has 4 atom stereocenters. The molecule has 0 saturated carbocycles. The van der Waals surface area contributed by atoms with Gasteiger partial charge in [0.15, 0.2) is 0 Å². The Morgan fingerprint density at radius 2 is 1.90 bits per heavy atom. The minimum absolute atomic E-state index is 0.0669. The van der Waals surface area contributed by atoms with E-state index < -0.39 is 23.5 Å². The van der Waals surface area contributed by atoms with Crippen LogP contribution in [0.4, 0.5) is 5.69 Å². The third-order valence-electron chi connectivity index (χ3n) is 6.25. The van der Waals surface area contributed by atoms with Crippen molar-refractivity contribution in [2.45, 2.75) is 31.7 Å². The van der Waals surface area contributed by atoms with E-state index in [1.165, 1.54) is 5.56 Å². The second-order valence-corrected chi connectivity index (χ2v) is 7.94. The van der Waals surface area contributed by atoms with E-state index in [0.717, 1.165) is 17.7 Å². The molecule has 0 N–H and O–H groups in total. The van der Waals surface area contributed by atoms with Crippen LogP contribution in [0.2, 0.25) is 0 Å². The lowest BCUT2D eigenvalue weighted by atomic mass is 9.77. The number of hydrogen-bond donors (Lipinski definition) is 0. The molecule has 2 fully saturated rings. The van der Waals surface area contributed by atoms with E-state index in [1.807, 2.05) is 66.7 Å². The van der Waals surface area contributed by atoms with Crippen LogP contribution >= 0.6 is 0 Å². The normalized spacial score (nSPS) is 29.3. The van der Waals surface area contributed by atoms with Crippen molar-refractivity contribution >= 4 is 17.6 Å². The summed E-state index contributed by atoms with van der Waals surface area (Å²) in [5.74, 6) is -1.57. The van der Waals surface area contributed by atoms with Crippen LogP contribution in [0.15, 0.2) is 66.7 Å². The summed E-state index contributed by atoms with van der Waals surface area (Å²) < 4.78 is 11.7. The summed E-state index contributed by atoms with van der Waals surface area (Å²) in [6.45, 7) is 2.72. The second-order valence-electron chi connectivity index (χ2n) is 7.94. The van der Waals surface area contributed by atoms with Gasteiger partial charge in [-0.15, -0.1) is 0 Å². The van der Waals surface area contributed by atoms with Gasteiger partial charge in [0.1, 0.15) is 18.1 Å². The maximum atomic E-state index is 13.3. The number of fused-ring (bicyclic) bond motifs is 1. The van der Waals surface area contributed by atoms with Crippen LogP contribution in [-0.4, -0.2) is 30.1 Å². The van der Waals surface area contributed by atoms with Gasteiger partial charge in [0, 0.05) is 5.69 Å². The monoisotopic (exact) mass is 389 g/mol. The van der Waals surface area contributed by atoms with Gasteiger partial charge in [-0.25, -0.2) is 0 Å². The van der Waals surface area contributed by atoms with Gasteiger partial charge < -0.3 is 14.4 Å². The van der Waals surface area contributed by atoms with Crippen molar-refractivity contribution in [1.29, 1.82) is 0 Å². The van der Waals surface area contributed by atoms with E-state index in [1.54, 1.807) is 4.90 Å². The molecular weight excluding hydrogens is 366 g/mol. The summed E-state index contributed by atoms with van der Waals surface area (Å²) in [7, 11) is 0. The molecular formula is C24H23NO4. The Morgan fingerprint density at radius 3 is 2.62 bits per heavy atom. The van der Waals surface area contributed by atoms with E-state index in [4.69, 9.17) is 9.47 Å². The van der Waals surface area contributed by atoms with Crippen LogP contribution in [0.1, 0.15) is 18.1 Å². The number of rotatable bonds is 5. The lowest BCUT2D eigenvalue weighted by Crippen LogP contribution is -2.40. The van der Waals surface area contributed by atoms with Crippen LogP contribution in [0.3, 0.4) is 0 Å². The number of benzene rings is 2. The first-order valence-electron chi connectivity index (χ1n) is 10.1. The van der Waals surface area contributed by atoms with Crippen LogP contribution in [0.5, 0.6) is 0 Å². The van der Waals surface area contributed by atoms with E-state index in [9.17, 15) is 9.59 Å². The van der Waals surface area contributed by atoms with Gasteiger partial charge in [-0.3, -0.25) is 9.59 Å². The Balaban J connectivity index is 1.37. The number of nitrogens with zero attached hydrogens (tertiary/aromatic N) is 1. The summed E-state index contributed by atoms with van der Waals surface area (Å²) in [4.78, 5) is 28.0. The highest BCUT2D eigenvalue weighted by molar-refractivity contribution is 6.02. The number of anilines is 1. The molecule has 0 radical (unpaired) electrons. The molecule has 2 saturated heterocycles. The molecule has 1 spiro atoms. The molecule has 0 aromatic heterocycles. The average Bonchev–Trinajstić information content (AvgIpc) is 3.41. The molecule has 5 nitrogen and oxygen atoms in total. The van der Waals surface area contributed by atoms with E-state index in [2.05, 4.69) is 6.92 Å². The van der Waals surface area contributed by atoms with Crippen molar-refractivity contribution in [3.8, 4) is 0 Å². The van der Waals surface area contributed by atoms with E-state index in [-0.39, 0.29) is 18.5 Å². The van der Waals surface area contributed by atoms with Crippen molar-refractivity contribution in [2.75, 3.05) is 11.4 Å². The van der Waals surface area contributed by atoms with E-state index in [0.29, 0.717) is 6.54 Å². The molecule has 1 amide bonds. The van der Waals surface area contributed by atoms with Gasteiger partial charge in [0.05, 0.1) is 18.6 Å². The number of hydrogen-bond acceptors (Lipinski definition) is 4. The van der Waals surface area contributed by atoms with E-state index >= 15 is 0 Å². The summed E-state index contributed by atoms with van der Waals surface area (Å²) in [6, 6.07) is 17.6. The highest BCUT2D eigenvalue weighted by atomic mass is 16.6. The standard InChI is InChI=1S/C24H23NO4/c1-2-16-8-10-18(11-9-16)25-15-24-13-12-19(29-24)20(21(24)22(25)26)23(27)28-14-17-6-4-3-5-7-17/h3-13,19-21H,2,14-15H2,1H3/t19-,20-,21-,24+/m1/s1. The molecule has 2 aromatic carbocycles. The van der Waals surface area contributed by atoms with Crippen LogP contribution < -0.4 is 4.90 Å². The predicted octanol–water partition coefficient (Wildman–Crippen LogP) is 3.28. The zero-order valence-corrected chi connectivity index (χ0v) is 16.3. The van der Waals surface area contributed by atoms with Crippen LogP contribution in [0, 0.1) is 11.8 Å². The van der Waals surface area contributed by atoms with Crippen molar-refractivity contribution in [1.82, 2.24) is 0 Å². The molecule has 5 heteroatoms. The Labute approximate surface area is 169 Å². The Bertz CT molecular complexity index is 968. The fourth-order valence-corrected chi connectivity index (χ4v) is 4.72. The smallest absolute Gasteiger partial charge is 0.313 e. The molecule has 0 unspecified atom stereocenters. The molecule has 148 valence electrons. The quantitative estimate of drug-likeness (QED) is 0.582. The summed E-state index contributed by atoms with van der Waals surface area (Å²) in [5, 5.41) is 0. The molecule has 2 bridgehead atoms. The Kier molecular flexibility index (Phi) is 4.28. The number of esters is 1. The third kappa shape index (κ3) is 2.88. The molecule has 2 aromatic rings. The number of ether oxygens (including phenoxy) is 2. The minimum atomic E-state index is -0.735. The fraction of sp³-hybridized carbons (Fsp3) is 0.333. The van der Waals surface area contributed by atoms with Gasteiger partial charge in [-0.05, 0) is 29.7 Å². The van der Waals surface area contributed by atoms with Gasteiger partial charge in [-0.2, -0.15) is 0 Å². The summed E-state index contributed by atoms with van der Waals surface area (Å²) in [6.07, 6.45) is 4.42. The lowest BCUT2D eigenvalue weighted by molar-refractivity contribution is -0.153. The third-order valence-corrected chi connectivity index (χ3v) is 6.25. The summed E-state index contributed by atoms with van der Waals surface area (Å²) >= 11 is 0. The molecule has 3 heterocycles. The van der Waals surface area contributed by atoms with Crippen molar-refractivity contribution < 1.29 is 19.1 Å². The van der Waals surface area contributed by atoms with Gasteiger partial charge in [0.25, 0.3) is 0 Å². The molecule has 3 aliphatic heterocycles.